The van der Waals surface area contributed by atoms with Gasteiger partial charge in [0.25, 0.3) is 0 Å². The minimum absolute atomic E-state index is 0.0453. The highest BCUT2D eigenvalue weighted by atomic mass is 32.2. The number of ether oxygens (including phenoxy) is 1. The molecule has 0 N–H and O–H groups in total. The molecule has 0 saturated carbocycles. The number of nitrogens with zero attached hydrogens (tertiary/aromatic N) is 1. The normalized spacial score (nSPS) is 16.5. The second-order valence-corrected chi connectivity index (χ2v) is 8.74. The van der Waals surface area contributed by atoms with E-state index in [0.717, 1.165) is 28.1 Å². The van der Waals surface area contributed by atoms with Crippen LogP contribution < -0.4 is 0 Å². The Labute approximate surface area is 167 Å². The van der Waals surface area contributed by atoms with Crippen LogP contribution in [0.25, 0.3) is 0 Å². The number of halogens is 3. The molecule has 0 amide bonds. The first-order valence-electron chi connectivity index (χ1n) is 9.06. The first kappa shape index (κ1) is 21.3. The van der Waals surface area contributed by atoms with Gasteiger partial charge in [-0.2, -0.15) is 17.5 Å². The average Bonchev–Trinajstić information content (AvgIpc) is 2.72. The summed E-state index contributed by atoms with van der Waals surface area (Å²) in [5.74, 6) is -0.836. The molecule has 2 aromatic carbocycles. The van der Waals surface area contributed by atoms with E-state index in [1.807, 2.05) is 30.3 Å². The fourth-order valence-electron chi connectivity index (χ4n) is 3.16. The van der Waals surface area contributed by atoms with Crippen LogP contribution >= 0.6 is 0 Å². The predicted octanol–water partition coefficient (Wildman–Crippen LogP) is 3.85. The standard InChI is InChI=1S/C20H20F3NO4S/c21-20(22,23)17-7-4-8-18(13-17)29(26,27)24-11-9-16(10-12-24)19(25)28-14-15-5-2-1-3-6-15/h1-8,13,16H,9-12,14H2. The Morgan fingerprint density at radius 2 is 1.69 bits per heavy atom. The molecule has 29 heavy (non-hydrogen) atoms. The second-order valence-electron chi connectivity index (χ2n) is 6.80. The topological polar surface area (TPSA) is 63.7 Å². The maximum Gasteiger partial charge on any atom is 0.416 e. The third-order valence-electron chi connectivity index (χ3n) is 4.81. The molecule has 1 aliphatic heterocycles. The van der Waals surface area contributed by atoms with Crippen molar-refractivity contribution in [2.24, 2.45) is 5.92 Å². The van der Waals surface area contributed by atoms with Crippen molar-refractivity contribution in [1.29, 1.82) is 0 Å². The molecule has 1 heterocycles. The summed E-state index contributed by atoms with van der Waals surface area (Å²) in [7, 11) is -4.07. The lowest BCUT2D eigenvalue weighted by Gasteiger charge is -2.30. The summed E-state index contributed by atoms with van der Waals surface area (Å²) in [4.78, 5) is 11.8. The molecule has 0 unspecified atom stereocenters. The highest BCUT2D eigenvalue weighted by molar-refractivity contribution is 7.89. The minimum Gasteiger partial charge on any atom is -0.461 e. The summed E-state index contributed by atoms with van der Waals surface area (Å²) in [5, 5.41) is 0. The van der Waals surface area contributed by atoms with E-state index in [1.165, 1.54) is 0 Å². The van der Waals surface area contributed by atoms with Gasteiger partial charge in [-0.1, -0.05) is 36.4 Å². The van der Waals surface area contributed by atoms with Crippen LogP contribution in [0.1, 0.15) is 24.0 Å². The third kappa shape index (κ3) is 5.16. The quantitative estimate of drug-likeness (QED) is 0.680. The van der Waals surface area contributed by atoms with Gasteiger partial charge in [-0.3, -0.25) is 4.79 Å². The van der Waals surface area contributed by atoms with Gasteiger partial charge in [-0.05, 0) is 36.6 Å². The van der Waals surface area contributed by atoms with E-state index >= 15 is 0 Å². The first-order chi connectivity index (χ1) is 13.7. The lowest BCUT2D eigenvalue weighted by molar-refractivity contribution is -0.151. The number of piperidine rings is 1. The van der Waals surface area contributed by atoms with Gasteiger partial charge in [0.05, 0.1) is 16.4 Å². The number of hydrogen-bond acceptors (Lipinski definition) is 4. The van der Waals surface area contributed by atoms with Crippen LogP contribution in [0.15, 0.2) is 59.5 Å². The summed E-state index contributed by atoms with van der Waals surface area (Å²) in [6.45, 7) is 0.232. The van der Waals surface area contributed by atoms with E-state index in [-0.39, 0.29) is 32.5 Å². The smallest absolute Gasteiger partial charge is 0.416 e. The number of sulfonamides is 1. The molecule has 2 aromatic rings. The zero-order valence-corrected chi connectivity index (χ0v) is 16.2. The lowest BCUT2D eigenvalue weighted by Crippen LogP contribution is -2.40. The Balaban J connectivity index is 1.60. The number of carbonyl (C=O) groups is 1. The minimum atomic E-state index is -4.62. The molecule has 5 nitrogen and oxygen atoms in total. The molecule has 0 aliphatic carbocycles. The molecule has 1 fully saturated rings. The van der Waals surface area contributed by atoms with Crippen LogP contribution in [0.2, 0.25) is 0 Å². The molecule has 1 saturated heterocycles. The summed E-state index contributed by atoms with van der Waals surface area (Å²) < 4.78 is 70.4. The maximum atomic E-state index is 12.9. The fourth-order valence-corrected chi connectivity index (χ4v) is 4.68. The van der Waals surface area contributed by atoms with Crippen LogP contribution in [0.5, 0.6) is 0 Å². The number of rotatable bonds is 5. The zero-order chi connectivity index (χ0) is 21.1. The molecule has 0 bridgehead atoms. The summed E-state index contributed by atoms with van der Waals surface area (Å²) in [6.07, 6.45) is -4.11. The Kier molecular flexibility index (Phi) is 6.28. The highest BCUT2D eigenvalue weighted by Gasteiger charge is 2.35. The molecule has 0 atom stereocenters. The van der Waals surface area contributed by atoms with Gasteiger partial charge in [-0.25, -0.2) is 8.42 Å². The summed E-state index contributed by atoms with van der Waals surface area (Å²) in [5.41, 5.74) is -0.164. The maximum absolute atomic E-state index is 12.9. The van der Waals surface area contributed by atoms with E-state index < -0.39 is 38.5 Å². The molecule has 9 heteroatoms. The molecular weight excluding hydrogens is 407 g/mol. The van der Waals surface area contributed by atoms with Gasteiger partial charge in [0, 0.05) is 13.1 Å². The van der Waals surface area contributed by atoms with E-state index in [2.05, 4.69) is 0 Å². The Hall–Kier alpha value is -2.39. The van der Waals surface area contributed by atoms with Gasteiger partial charge < -0.3 is 4.74 Å². The van der Waals surface area contributed by atoms with Crippen molar-refractivity contribution in [1.82, 2.24) is 4.31 Å². The number of hydrogen-bond donors (Lipinski definition) is 0. The average molecular weight is 427 g/mol. The summed E-state index contributed by atoms with van der Waals surface area (Å²) >= 11 is 0. The number of benzene rings is 2. The van der Waals surface area contributed by atoms with Gasteiger partial charge in [0.1, 0.15) is 6.61 Å². The molecular formula is C20H20F3NO4S. The van der Waals surface area contributed by atoms with Gasteiger partial charge in [-0.15, -0.1) is 0 Å². The van der Waals surface area contributed by atoms with Gasteiger partial charge in [0.2, 0.25) is 10.0 Å². The van der Waals surface area contributed by atoms with E-state index in [0.29, 0.717) is 6.07 Å². The van der Waals surface area contributed by atoms with Crippen LogP contribution in [-0.2, 0) is 32.3 Å². The first-order valence-corrected chi connectivity index (χ1v) is 10.5. The van der Waals surface area contributed by atoms with E-state index in [4.69, 9.17) is 4.74 Å². The molecule has 0 radical (unpaired) electrons. The Morgan fingerprint density at radius 1 is 1.03 bits per heavy atom. The van der Waals surface area contributed by atoms with E-state index in [9.17, 15) is 26.4 Å². The number of esters is 1. The zero-order valence-electron chi connectivity index (χ0n) is 15.4. The number of alkyl halides is 3. The van der Waals surface area contributed by atoms with Crippen molar-refractivity contribution in [2.45, 2.75) is 30.5 Å². The highest BCUT2D eigenvalue weighted by Crippen LogP contribution is 2.32. The van der Waals surface area contributed by atoms with Crippen molar-refractivity contribution in [3.63, 3.8) is 0 Å². The van der Waals surface area contributed by atoms with Gasteiger partial charge in [0.15, 0.2) is 0 Å². The molecule has 156 valence electrons. The number of carbonyl (C=O) groups excluding carboxylic acids is 1. The lowest BCUT2D eigenvalue weighted by atomic mass is 9.98. The van der Waals surface area contributed by atoms with Crippen molar-refractivity contribution in [3.05, 3.63) is 65.7 Å². The second kappa shape index (κ2) is 8.54. The summed E-state index contributed by atoms with van der Waals surface area (Å²) in [6, 6.07) is 12.9. The van der Waals surface area contributed by atoms with Gasteiger partial charge >= 0.3 is 12.1 Å². The van der Waals surface area contributed by atoms with Crippen LogP contribution in [0, 0.1) is 5.92 Å². The fraction of sp³-hybridized carbons (Fsp3) is 0.350. The predicted molar refractivity (Wildman–Crippen MR) is 99.2 cm³/mol. The Bertz CT molecular complexity index is 953. The van der Waals surface area contributed by atoms with Crippen molar-refractivity contribution in [2.75, 3.05) is 13.1 Å². The molecule has 0 aromatic heterocycles. The van der Waals surface area contributed by atoms with E-state index in [1.54, 1.807) is 0 Å². The Morgan fingerprint density at radius 3 is 2.31 bits per heavy atom. The molecule has 1 aliphatic rings. The van der Waals surface area contributed by atoms with Crippen molar-refractivity contribution >= 4 is 16.0 Å². The SMILES string of the molecule is O=C(OCc1ccccc1)C1CCN(S(=O)(=O)c2cccc(C(F)(F)F)c2)CC1. The largest absolute Gasteiger partial charge is 0.461 e. The molecule has 3 rings (SSSR count). The third-order valence-corrected chi connectivity index (χ3v) is 6.70. The van der Waals surface area contributed by atoms with Crippen molar-refractivity contribution in [3.8, 4) is 0 Å². The van der Waals surface area contributed by atoms with Crippen LogP contribution in [0.3, 0.4) is 0 Å². The van der Waals surface area contributed by atoms with Crippen LogP contribution in [-0.4, -0.2) is 31.8 Å². The van der Waals surface area contributed by atoms with Crippen LogP contribution in [0.4, 0.5) is 13.2 Å². The monoisotopic (exact) mass is 427 g/mol. The van der Waals surface area contributed by atoms with Crippen molar-refractivity contribution < 1.29 is 31.1 Å². The molecule has 0 spiro atoms.